The van der Waals surface area contributed by atoms with E-state index in [0.29, 0.717) is 11.5 Å². The van der Waals surface area contributed by atoms with Crippen LogP contribution in [-0.4, -0.2) is 25.8 Å². The summed E-state index contributed by atoms with van der Waals surface area (Å²) in [4.78, 5) is 12.2. The topological polar surface area (TPSA) is 71.9 Å². The smallest absolute Gasteiger partial charge is 0.262 e. The standard InChI is InChI=1S/C23H22BrN3O3/c1-16-8-6-7-11-20(16)26-23(28)15-30-22-13-19(24)17(12-21(22)29-2)14-25-27-18-9-4-3-5-10-18/h3-14,27H,15H2,1-2H3,(H,26,28). The number of nitrogens with zero attached hydrogens (tertiary/aromatic N) is 1. The third-order valence-corrected chi connectivity index (χ3v) is 4.92. The largest absolute Gasteiger partial charge is 0.493 e. The highest BCUT2D eigenvalue weighted by atomic mass is 79.9. The first-order chi connectivity index (χ1) is 14.6. The molecular formula is C23H22BrN3O3. The van der Waals surface area contributed by atoms with Crippen LogP contribution in [0, 0.1) is 6.92 Å². The van der Waals surface area contributed by atoms with Crippen molar-refractivity contribution in [3.63, 3.8) is 0 Å². The molecule has 1 amide bonds. The lowest BCUT2D eigenvalue weighted by atomic mass is 10.2. The number of para-hydroxylation sites is 2. The molecule has 0 aromatic heterocycles. The Bertz CT molecular complexity index is 1040. The van der Waals surface area contributed by atoms with E-state index in [-0.39, 0.29) is 12.5 Å². The molecular weight excluding hydrogens is 446 g/mol. The van der Waals surface area contributed by atoms with Gasteiger partial charge in [0.25, 0.3) is 5.91 Å². The van der Waals surface area contributed by atoms with Crippen molar-refractivity contribution in [1.29, 1.82) is 0 Å². The second-order valence-corrected chi connectivity index (χ2v) is 7.27. The summed E-state index contributed by atoms with van der Waals surface area (Å²) in [6.07, 6.45) is 1.67. The first-order valence-corrected chi connectivity index (χ1v) is 10.1. The minimum atomic E-state index is -0.250. The van der Waals surface area contributed by atoms with E-state index in [9.17, 15) is 4.79 Å². The molecule has 3 aromatic carbocycles. The molecule has 2 N–H and O–H groups in total. The van der Waals surface area contributed by atoms with Crippen LogP contribution in [0.1, 0.15) is 11.1 Å². The van der Waals surface area contributed by atoms with E-state index in [1.165, 1.54) is 0 Å². The summed E-state index contributed by atoms with van der Waals surface area (Å²) in [5, 5.41) is 7.08. The van der Waals surface area contributed by atoms with Gasteiger partial charge in [0.1, 0.15) is 0 Å². The maximum absolute atomic E-state index is 12.2. The highest BCUT2D eigenvalue weighted by Gasteiger charge is 2.12. The SMILES string of the molecule is COc1cc(C=NNc2ccccc2)c(Br)cc1OCC(=O)Nc1ccccc1C. The number of amides is 1. The summed E-state index contributed by atoms with van der Waals surface area (Å²) in [5.41, 5.74) is 6.39. The average molecular weight is 468 g/mol. The van der Waals surface area contributed by atoms with Crippen molar-refractivity contribution in [3.8, 4) is 11.5 Å². The first kappa shape index (κ1) is 21.4. The fraction of sp³-hybridized carbons (Fsp3) is 0.130. The van der Waals surface area contributed by atoms with E-state index in [2.05, 4.69) is 31.8 Å². The van der Waals surface area contributed by atoms with Gasteiger partial charge in [-0.05, 0) is 58.7 Å². The number of methoxy groups -OCH3 is 1. The van der Waals surface area contributed by atoms with Crippen LogP contribution >= 0.6 is 15.9 Å². The summed E-state index contributed by atoms with van der Waals surface area (Å²) in [6.45, 7) is 1.80. The van der Waals surface area contributed by atoms with E-state index >= 15 is 0 Å². The molecule has 154 valence electrons. The zero-order valence-electron chi connectivity index (χ0n) is 16.7. The van der Waals surface area contributed by atoms with Crippen LogP contribution in [0.3, 0.4) is 0 Å². The molecule has 0 aliphatic carbocycles. The number of carbonyl (C=O) groups excluding carboxylic acids is 1. The number of aryl methyl sites for hydroxylation is 1. The van der Waals surface area contributed by atoms with Crippen molar-refractivity contribution >= 4 is 39.4 Å². The van der Waals surface area contributed by atoms with Gasteiger partial charge in [-0.25, -0.2) is 0 Å². The number of ether oxygens (including phenoxy) is 2. The van der Waals surface area contributed by atoms with Crippen molar-refractivity contribution in [3.05, 3.63) is 82.3 Å². The molecule has 6 nitrogen and oxygen atoms in total. The molecule has 30 heavy (non-hydrogen) atoms. The third-order valence-electron chi connectivity index (χ3n) is 4.23. The average Bonchev–Trinajstić information content (AvgIpc) is 2.76. The van der Waals surface area contributed by atoms with Crippen LogP contribution in [0.15, 0.2) is 76.3 Å². The number of hydrazone groups is 1. The summed E-state index contributed by atoms with van der Waals surface area (Å²) in [5.74, 6) is 0.709. The maximum Gasteiger partial charge on any atom is 0.262 e. The lowest BCUT2D eigenvalue weighted by molar-refractivity contribution is -0.118. The van der Waals surface area contributed by atoms with E-state index in [0.717, 1.165) is 27.0 Å². The molecule has 0 saturated carbocycles. The van der Waals surface area contributed by atoms with E-state index in [1.54, 1.807) is 25.5 Å². The number of rotatable bonds is 8. The molecule has 0 atom stereocenters. The quantitative estimate of drug-likeness (QED) is 0.351. The predicted molar refractivity (Wildman–Crippen MR) is 124 cm³/mol. The molecule has 0 spiro atoms. The Balaban J connectivity index is 1.64. The van der Waals surface area contributed by atoms with E-state index in [4.69, 9.17) is 9.47 Å². The van der Waals surface area contributed by atoms with Gasteiger partial charge >= 0.3 is 0 Å². The fourth-order valence-electron chi connectivity index (χ4n) is 2.65. The highest BCUT2D eigenvalue weighted by molar-refractivity contribution is 9.10. The van der Waals surface area contributed by atoms with Gasteiger partial charge in [-0.1, -0.05) is 36.4 Å². The molecule has 3 aromatic rings. The number of benzene rings is 3. The maximum atomic E-state index is 12.2. The van der Waals surface area contributed by atoms with E-state index < -0.39 is 0 Å². The van der Waals surface area contributed by atoms with Crippen LogP contribution in [0.2, 0.25) is 0 Å². The van der Waals surface area contributed by atoms with Crippen LogP contribution in [0.4, 0.5) is 11.4 Å². The molecule has 0 saturated heterocycles. The van der Waals surface area contributed by atoms with Gasteiger partial charge in [0.05, 0.1) is 19.0 Å². The lowest BCUT2D eigenvalue weighted by Crippen LogP contribution is -2.20. The van der Waals surface area contributed by atoms with Gasteiger partial charge in [-0.3, -0.25) is 10.2 Å². The molecule has 0 unspecified atom stereocenters. The molecule has 0 fully saturated rings. The van der Waals surface area contributed by atoms with Crippen LogP contribution in [0.25, 0.3) is 0 Å². The Morgan fingerprint density at radius 2 is 1.80 bits per heavy atom. The third kappa shape index (κ3) is 5.84. The van der Waals surface area contributed by atoms with Crippen molar-refractivity contribution in [1.82, 2.24) is 0 Å². The zero-order chi connectivity index (χ0) is 21.3. The van der Waals surface area contributed by atoms with Gasteiger partial charge in [0.2, 0.25) is 0 Å². The number of hydrogen-bond donors (Lipinski definition) is 2. The van der Waals surface area contributed by atoms with Crippen molar-refractivity contribution in [2.45, 2.75) is 6.92 Å². The first-order valence-electron chi connectivity index (χ1n) is 9.27. The Labute approximate surface area is 184 Å². The number of halogens is 1. The van der Waals surface area contributed by atoms with Crippen molar-refractivity contribution in [2.24, 2.45) is 5.10 Å². The Morgan fingerprint density at radius 3 is 2.53 bits per heavy atom. The Hall–Kier alpha value is -3.32. The summed E-state index contributed by atoms with van der Waals surface area (Å²) >= 11 is 3.51. The summed E-state index contributed by atoms with van der Waals surface area (Å²) in [7, 11) is 1.55. The summed E-state index contributed by atoms with van der Waals surface area (Å²) < 4.78 is 11.9. The summed E-state index contributed by atoms with van der Waals surface area (Å²) in [6, 6.07) is 20.8. The van der Waals surface area contributed by atoms with Crippen LogP contribution in [-0.2, 0) is 4.79 Å². The van der Waals surface area contributed by atoms with E-state index in [1.807, 2.05) is 61.5 Å². The number of nitrogens with one attached hydrogen (secondary N) is 2. The van der Waals surface area contributed by atoms with Crippen molar-refractivity contribution in [2.75, 3.05) is 24.5 Å². The van der Waals surface area contributed by atoms with Gasteiger partial charge in [0.15, 0.2) is 18.1 Å². The number of anilines is 2. The zero-order valence-corrected chi connectivity index (χ0v) is 18.3. The minimum Gasteiger partial charge on any atom is -0.493 e. The van der Waals surface area contributed by atoms with Gasteiger partial charge in [-0.15, -0.1) is 0 Å². The molecule has 0 radical (unpaired) electrons. The monoisotopic (exact) mass is 467 g/mol. The van der Waals surface area contributed by atoms with Gasteiger partial charge in [0, 0.05) is 15.7 Å². The molecule has 0 heterocycles. The van der Waals surface area contributed by atoms with Gasteiger partial charge in [-0.2, -0.15) is 5.10 Å². The Kier molecular flexibility index (Phi) is 7.45. The second kappa shape index (κ2) is 10.5. The molecule has 0 aliphatic heterocycles. The number of carbonyl (C=O) groups is 1. The fourth-order valence-corrected chi connectivity index (χ4v) is 3.08. The van der Waals surface area contributed by atoms with Crippen LogP contribution < -0.4 is 20.2 Å². The molecule has 0 aliphatic rings. The highest BCUT2D eigenvalue weighted by Crippen LogP contribution is 2.33. The Morgan fingerprint density at radius 1 is 1.07 bits per heavy atom. The second-order valence-electron chi connectivity index (χ2n) is 6.41. The van der Waals surface area contributed by atoms with Crippen molar-refractivity contribution < 1.29 is 14.3 Å². The minimum absolute atomic E-state index is 0.139. The molecule has 7 heteroatoms. The lowest BCUT2D eigenvalue weighted by Gasteiger charge is -2.13. The normalized spacial score (nSPS) is 10.6. The molecule has 0 bridgehead atoms. The van der Waals surface area contributed by atoms with Crippen LogP contribution in [0.5, 0.6) is 11.5 Å². The molecule has 3 rings (SSSR count). The van der Waals surface area contributed by atoms with Gasteiger partial charge < -0.3 is 14.8 Å². The number of hydrogen-bond acceptors (Lipinski definition) is 5. The predicted octanol–water partition coefficient (Wildman–Crippen LogP) is 5.23.